The van der Waals surface area contributed by atoms with Crippen molar-refractivity contribution < 1.29 is 17.5 Å². The van der Waals surface area contributed by atoms with Gasteiger partial charge >= 0.3 is 0 Å². The fourth-order valence-corrected chi connectivity index (χ4v) is 5.79. The van der Waals surface area contributed by atoms with Crippen molar-refractivity contribution in [1.29, 1.82) is 0 Å². The first-order valence-electron chi connectivity index (χ1n) is 10.3. The van der Waals surface area contributed by atoms with Gasteiger partial charge in [0, 0.05) is 36.1 Å². The number of ether oxygens (including phenoxy) is 1. The Labute approximate surface area is 192 Å². The van der Waals surface area contributed by atoms with Crippen molar-refractivity contribution in [3.05, 3.63) is 59.7 Å². The van der Waals surface area contributed by atoms with Crippen LogP contribution >= 0.6 is 11.3 Å². The van der Waals surface area contributed by atoms with Crippen LogP contribution in [-0.2, 0) is 10.0 Å². The topological polar surface area (TPSA) is 70.7 Å². The summed E-state index contributed by atoms with van der Waals surface area (Å²) in [5, 5.41) is 5.41. The minimum atomic E-state index is -3.97. The van der Waals surface area contributed by atoms with Crippen LogP contribution in [0.4, 0.5) is 15.8 Å². The molecule has 0 spiro atoms. The first kappa shape index (κ1) is 22.6. The number of sulfonamides is 1. The minimum absolute atomic E-state index is 0.0685. The zero-order valence-corrected chi connectivity index (χ0v) is 19.8. The monoisotopic (exact) mass is 475 g/mol. The predicted octanol–water partition coefficient (Wildman–Crippen LogP) is 4.55. The summed E-state index contributed by atoms with van der Waals surface area (Å²) in [4.78, 5) is 3.20. The van der Waals surface area contributed by atoms with Gasteiger partial charge in [-0.3, -0.25) is 4.72 Å². The zero-order chi connectivity index (χ0) is 22.9. The lowest BCUT2D eigenvalue weighted by Gasteiger charge is -2.38. The van der Waals surface area contributed by atoms with Gasteiger partial charge in [0.1, 0.15) is 5.75 Å². The second kappa shape index (κ2) is 9.09. The zero-order valence-electron chi connectivity index (χ0n) is 18.1. The third-order valence-electron chi connectivity index (χ3n) is 5.38. The van der Waals surface area contributed by atoms with E-state index in [1.54, 1.807) is 23.5 Å². The first-order valence-corrected chi connectivity index (χ1v) is 12.7. The Hall–Kier alpha value is -2.62. The maximum absolute atomic E-state index is 14.8. The third kappa shape index (κ3) is 4.74. The number of anilines is 2. The van der Waals surface area contributed by atoms with E-state index in [1.165, 1.54) is 31.4 Å². The Balaban J connectivity index is 1.63. The van der Waals surface area contributed by atoms with Crippen LogP contribution in [0.25, 0.3) is 10.4 Å². The molecule has 170 valence electrons. The van der Waals surface area contributed by atoms with E-state index in [2.05, 4.69) is 28.8 Å². The molecule has 0 bridgehead atoms. The summed E-state index contributed by atoms with van der Waals surface area (Å²) in [7, 11) is -2.49. The lowest BCUT2D eigenvalue weighted by Crippen LogP contribution is -2.54. The molecular formula is C23H26FN3O3S2. The van der Waals surface area contributed by atoms with Crippen molar-refractivity contribution in [2.75, 3.05) is 29.8 Å². The summed E-state index contributed by atoms with van der Waals surface area (Å²) in [6, 6.07) is 13.7. The van der Waals surface area contributed by atoms with Crippen molar-refractivity contribution in [2.24, 2.45) is 0 Å². The van der Waals surface area contributed by atoms with E-state index in [0.29, 0.717) is 24.5 Å². The van der Waals surface area contributed by atoms with E-state index in [-0.39, 0.29) is 22.7 Å². The summed E-state index contributed by atoms with van der Waals surface area (Å²) in [5.74, 6) is -0.326. The van der Waals surface area contributed by atoms with Gasteiger partial charge in [-0.05, 0) is 49.1 Å². The average molecular weight is 476 g/mol. The molecular weight excluding hydrogens is 449 g/mol. The SMILES string of the molecule is COc1cc(F)c(NS(=O)(=O)c2ccc(-c3cccs3)cc2)cc1N1C[C@@H](C)N[C@@H](C)C1. The summed E-state index contributed by atoms with van der Waals surface area (Å²) in [5.41, 5.74) is 1.47. The quantitative estimate of drug-likeness (QED) is 0.547. The molecule has 4 rings (SSSR count). The lowest BCUT2D eigenvalue weighted by molar-refractivity contribution is 0.389. The second-order valence-electron chi connectivity index (χ2n) is 7.98. The van der Waals surface area contributed by atoms with Crippen molar-refractivity contribution in [1.82, 2.24) is 5.32 Å². The first-order chi connectivity index (χ1) is 15.3. The van der Waals surface area contributed by atoms with Gasteiger partial charge < -0.3 is 15.0 Å². The Morgan fingerprint density at radius 1 is 1.12 bits per heavy atom. The molecule has 2 N–H and O–H groups in total. The van der Waals surface area contributed by atoms with Crippen molar-refractivity contribution in [2.45, 2.75) is 30.8 Å². The van der Waals surface area contributed by atoms with Gasteiger partial charge in [0.15, 0.2) is 5.82 Å². The summed E-state index contributed by atoms with van der Waals surface area (Å²) >= 11 is 1.58. The minimum Gasteiger partial charge on any atom is -0.494 e. The number of methoxy groups -OCH3 is 1. The number of nitrogens with one attached hydrogen (secondary N) is 2. The Bertz CT molecular complexity index is 1170. The van der Waals surface area contributed by atoms with Gasteiger partial charge in [-0.2, -0.15) is 0 Å². The number of rotatable bonds is 6. The van der Waals surface area contributed by atoms with Gasteiger partial charge in [0.05, 0.1) is 23.4 Å². The van der Waals surface area contributed by atoms with Crippen LogP contribution < -0.4 is 19.7 Å². The van der Waals surface area contributed by atoms with E-state index in [4.69, 9.17) is 4.74 Å². The van der Waals surface area contributed by atoms with E-state index < -0.39 is 15.8 Å². The highest BCUT2D eigenvalue weighted by atomic mass is 32.2. The standard InChI is InChI=1S/C23H26FN3O3S2/c1-15-13-27(14-16(2)25-15)21-12-20(19(24)11-22(21)30-3)26-32(28,29)18-8-6-17(7-9-18)23-5-4-10-31-23/h4-12,15-16,25-26H,13-14H2,1-3H3/t15-,16+. The molecule has 1 fully saturated rings. The number of piperazine rings is 1. The molecule has 9 heteroatoms. The second-order valence-corrected chi connectivity index (χ2v) is 10.6. The number of nitrogens with zero attached hydrogens (tertiary/aromatic N) is 1. The van der Waals surface area contributed by atoms with Crippen LogP contribution in [0, 0.1) is 5.82 Å². The van der Waals surface area contributed by atoms with Gasteiger partial charge in [-0.1, -0.05) is 18.2 Å². The molecule has 1 saturated heterocycles. The lowest BCUT2D eigenvalue weighted by atomic mass is 10.1. The van der Waals surface area contributed by atoms with E-state index >= 15 is 0 Å². The molecule has 0 unspecified atom stereocenters. The third-order valence-corrected chi connectivity index (χ3v) is 7.68. The molecule has 2 aromatic carbocycles. The molecule has 0 radical (unpaired) electrons. The Morgan fingerprint density at radius 2 is 1.81 bits per heavy atom. The maximum atomic E-state index is 14.8. The maximum Gasteiger partial charge on any atom is 0.261 e. The molecule has 0 amide bonds. The number of hydrogen-bond acceptors (Lipinski definition) is 6. The molecule has 2 heterocycles. The van der Waals surface area contributed by atoms with Gasteiger partial charge in [0.2, 0.25) is 0 Å². The highest BCUT2D eigenvalue weighted by molar-refractivity contribution is 7.92. The number of hydrogen-bond donors (Lipinski definition) is 2. The molecule has 1 aliphatic heterocycles. The van der Waals surface area contributed by atoms with E-state index in [9.17, 15) is 12.8 Å². The predicted molar refractivity (Wildman–Crippen MR) is 128 cm³/mol. The molecule has 2 atom stereocenters. The largest absolute Gasteiger partial charge is 0.494 e. The van der Waals surface area contributed by atoms with Crippen LogP contribution in [0.15, 0.2) is 58.8 Å². The number of thiophene rings is 1. The van der Waals surface area contributed by atoms with Crippen molar-refractivity contribution in [3.8, 4) is 16.2 Å². The van der Waals surface area contributed by atoms with Gasteiger partial charge in [-0.15, -0.1) is 11.3 Å². The van der Waals surface area contributed by atoms with E-state index in [1.807, 2.05) is 17.5 Å². The fraction of sp³-hybridized carbons (Fsp3) is 0.304. The Morgan fingerprint density at radius 3 is 2.41 bits per heavy atom. The number of halogens is 1. The molecule has 3 aromatic rings. The van der Waals surface area contributed by atoms with Crippen LogP contribution in [0.2, 0.25) is 0 Å². The smallest absolute Gasteiger partial charge is 0.261 e. The number of benzene rings is 2. The van der Waals surface area contributed by atoms with Crippen molar-refractivity contribution in [3.63, 3.8) is 0 Å². The highest BCUT2D eigenvalue weighted by Crippen LogP contribution is 2.35. The van der Waals surface area contributed by atoms with Crippen LogP contribution in [0.5, 0.6) is 5.75 Å². The van der Waals surface area contributed by atoms with Gasteiger partial charge in [0.25, 0.3) is 10.0 Å². The normalized spacial score (nSPS) is 19.1. The summed E-state index contributed by atoms with van der Waals surface area (Å²) in [6.45, 7) is 5.54. The fourth-order valence-electron chi connectivity index (χ4n) is 4.00. The Kier molecular flexibility index (Phi) is 6.41. The van der Waals surface area contributed by atoms with Crippen LogP contribution in [0.1, 0.15) is 13.8 Å². The molecule has 0 aliphatic carbocycles. The van der Waals surface area contributed by atoms with Gasteiger partial charge in [-0.25, -0.2) is 12.8 Å². The summed E-state index contributed by atoms with van der Waals surface area (Å²) < 4.78 is 48.5. The van der Waals surface area contributed by atoms with E-state index in [0.717, 1.165) is 10.4 Å². The molecule has 6 nitrogen and oxygen atoms in total. The molecule has 1 aliphatic rings. The molecule has 0 saturated carbocycles. The average Bonchev–Trinajstić information content (AvgIpc) is 3.29. The van der Waals surface area contributed by atoms with Crippen LogP contribution in [-0.4, -0.2) is 40.7 Å². The van der Waals surface area contributed by atoms with Crippen molar-refractivity contribution >= 4 is 32.7 Å². The molecule has 1 aromatic heterocycles. The molecule has 32 heavy (non-hydrogen) atoms. The highest BCUT2D eigenvalue weighted by Gasteiger charge is 2.26. The summed E-state index contributed by atoms with van der Waals surface area (Å²) in [6.07, 6.45) is 0. The van der Waals surface area contributed by atoms with Crippen LogP contribution in [0.3, 0.4) is 0 Å².